The van der Waals surface area contributed by atoms with Gasteiger partial charge in [-0.1, -0.05) is 18.2 Å². The molecule has 4 heteroatoms. The third-order valence-corrected chi connectivity index (χ3v) is 3.30. The Balaban J connectivity index is 1.74. The van der Waals surface area contributed by atoms with Gasteiger partial charge >= 0.3 is 0 Å². The Morgan fingerprint density at radius 2 is 1.95 bits per heavy atom. The van der Waals surface area contributed by atoms with Crippen LogP contribution in [0.25, 0.3) is 10.9 Å². The van der Waals surface area contributed by atoms with Crippen LogP contribution >= 0.6 is 0 Å². The zero-order chi connectivity index (χ0) is 13.1. The fourth-order valence-electron chi connectivity index (χ4n) is 2.19. The van der Waals surface area contributed by atoms with Crippen molar-refractivity contribution in [1.29, 1.82) is 0 Å². The van der Waals surface area contributed by atoms with E-state index in [0.29, 0.717) is 0 Å². The second kappa shape index (κ2) is 5.20. The molecule has 0 aliphatic heterocycles. The lowest BCUT2D eigenvalue weighted by molar-refractivity contribution is 0.693. The van der Waals surface area contributed by atoms with E-state index < -0.39 is 0 Å². The quantitative estimate of drug-likeness (QED) is 0.750. The van der Waals surface area contributed by atoms with E-state index in [0.717, 1.165) is 24.3 Å². The van der Waals surface area contributed by atoms with Gasteiger partial charge in [0.2, 0.25) is 0 Å². The summed E-state index contributed by atoms with van der Waals surface area (Å²) in [6.07, 6.45) is 3.73. The molecule has 3 rings (SSSR count). The van der Waals surface area contributed by atoms with Gasteiger partial charge in [-0.15, -0.1) is 0 Å². The van der Waals surface area contributed by atoms with Gasteiger partial charge in [-0.3, -0.25) is 10.1 Å². The molecular weight excluding hydrogens is 236 g/mol. The van der Waals surface area contributed by atoms with Crippen molar-refractivity contribution in [2.24, 2.45) is 0 Å². The summed E-state index contributed by atoms with van der Waals surface area (Å²) in [6, 6.07) is 10.3. The average Bonchev–Trinajstić information content (AvgIpc) is 2.85. The molecule has 0 spiro atoms. The largest absolute Gasteiger partial charge is 0.308 e. The summed E-state index contributed by atoms with van der Waals surface area (Å²) in [5.41, 5.74) is 4.64. The van der Waals surface area contributed by atoms with Crippen LogP contribution in [0.5, 0.6) is 0 Å². The third-order valence-electron chi connectivity index (χ3n) is 3.30. The fraction of sp³-hybridized carbons (Fsp3) is 0.200. The van der Waals surface area contributed by atoms with Gasteiger partial charge in [0.1, 0.15) is 0 Å². The minimum absolute atomic E-state index is 0.818. The maximum atomic E-state index is 4.37. The standard InChI is InChI=1S/C15H16N4/c1-11-13(10-18-19-11)9-16-8-12-6-7-17-15-5-3-2-4-14(12)15/h2-7,10,16H,8-9H2,1H3,(H,18,19). The molecule has 0 aliphatic rings. The Bertz CT molecular complexity index is 682. The van der Waals surface area contributed by atoms with Crippen LogP contribution in [0.4, 0.5) is 0 Å². The van der Waals surface area contributed by atoms with Crippen LogP contribution in [-0.4, -0.2) is 15.2 Å². The highest BCUT2D eigenvalue weighted by Gasteiger charge is 2.02. The Hall–Kier alpha value is -2.20. The molecule has 0 saturated carbocycles. The highest BCUT2D eigenvalue weighted by Crippen LogP contribution is 2.16. The maximum Gasteiger partial charge on any atom is 0.0705 e. The number of rotatable bonds is 4. The van der Waals surface area contributed by atoms with Gasteiger partial charge in [-0.2, -0.15) is 5.10 Å². The van der Waals surface area contributed by atoms with E-state index in [2.05, 4.69) is 32.6 Å². The molecular formula is C15H16N4. The number of nitrogens with one attached hydrogen (secondary N) is 2. The molecule has 0 unspecified atom stereocenters. The first-order valence-corrected chi connectivity index (χ1v) is 6.37. The molecule has 96 valence electrons. The van der Waals surface area contributed by atoms with Crippen LogP contribution in [-0.2, 0) is 13.1 Å². The second-order valence-electron chi connectivity index (χ2n) is 4.61. The second-order valence-corrected chi connectivity index (χ2v) is 4.61. The van der Waals surface area contributed by atoms with Crippen molar-refractivity contribution in [2.75, 3.05) is 0 Å². The highest BCUT2D eigenvalue weighted by molar-refractivity contribution is 5.81. The molecule has 2 aromatic heterocycles. The Kier molecular flexibility index (Phi) is 3.25. The van der Waals surface area contributed by atoms with Crippen LogP contribution in [0.3, 0.4) is 0 Å². The lowest BCUT2D eigenvalue weighted by atomic mass is 10.1. The van der Waals surface area contributed by atoms with E-state index in [1.807, 2.05) is 37.5 Å². The van der Waals surface area contributed by atoms with Crippen molar-refractivity contribution in [2.45, 2.75) is 20.0 Å². The summed E-state index contributed by atoms with van der Waals surface area (Å²) in [4.78, 5) is 4.37. The molecule has 0 radical (unpaired) electrons. The molecule has 0 amide bonds. The summed E-state index contributed by atoms with van der Waals surface area (Å²) in [6.45, 7) is 3.68. The van der Waals surface area contributed by atoms with Gasteiger partial charge in [0.15, 0.2) is 0 Å². The van der Waals surface area contributed by atoms with Gasteiger partial charge in [-0.25, -0.2) is 0 Å². The van der Waals surface area contributed by atoms with E-state index in [1.54, 1.807) is 0 Å². The number of fused-ring (bicyclic) bond motifs is 1. The topological polar surface area (TPSA) is 53.6 Å². The van der Waals surface area contributed by atoms with Crippen LogP contribution in [0, 0.1) is 6.92 Å². The van der Waals surface area contributed by atoms with Crippen molar-refractivity contribution >= 4 is 10.9 Å². The number of nitrogens with zero attached hydrogens (tertiary/aromatic N) is 2. The summed E-state index contributed by atoms with van der Waals surface area (Å²) in [5.74, 6) is 0. The van der Waals surface area contributed by atoms with Crippen molar-refractivity contribution in [1.82, 2.24) is 20.5 Å². The first-order valence-electron chi connectivity index (χ1n) is 6.37. The maximum absolute atomic E-state index is 4.37. The minimum atomic E-state index is 0.818. The molecule has 3 aromatic rings. The molecule has 0 fully saturated rings. The van der Waals surface area contributed by atoms with E-state index in [1.165, 1.54) is 16.5 Å². The number of H-pyrrole nitrogens is 1. The van der Waals surface area contributed by atoms with Crippen molar-refractivity contribution < 1.29 is 0 Å². The van der Waals surface area contributed by atoms with Gasteiger partial charge < -0.3 is 5.32 Å². The first-order chi connectivity index (χ1) is 9.34. The molecule has 19 heavy (non-hydrogen) atoms. The molecule has 0 aliphatic carbocycles. The van der Waals surface area contributed by atoms with Crippen LogP contribution < -0.4 is 5.32 Å². The Labute approximate surface area is 111 Å². The molecule has 2 heterocycles. The number of para-hydroxylation sites is 1. The zero-order valence-electron chi connectivity index (χ0n) is 10.9. The number of aromatic nitrogens is 3. The van der Waals surface area contributed by atoms with E-state index >= 15 is 0 Å². The number of hydrogen-bond donors (Lipinski definition) is 2. The number of pyridine rings is 1. The van der Waals surface area contributed by atoms with Crippen LogP contribution in [0.15, 0.2) is 42.7 Å². The third kappa shape index (κ3) is 2.48. The predicted molar refractivity (Wildman–Crippen MR) is 75.6 cm³/mol. The van der Waals surface area contributed by atoms with Gasteiger partial charge in [0.25, 0.3) is 0 Å². The van der Waals surface area contributed by atoms with E-state index in [-0.39, 0.29) is 0 Å². The average molecular weight is 252 g/mol. The lowest BCUT2D eigenvalue weighted by Gasteiger charge is -2.07. The van der Waals surface area contributed by atoms with Gasteiger partial charge in [0.05, 0.1) is 11.7 Å². The molecule has 2 N–H and O–H groups in total. The van der Waals surface area contributed by atoms with Crippen LogP contribution in [0.2, 0.25) is 0 Å². The number of aryl methyl sites for hydroxylation is 1. The Morgan fingerprint density at radius 1 is 1.11 bits per heavy atom. The van der Waals surface area contributed by atoms with Gasteiger partial charge in [0, 0.05) is 35.9 Å². The number of aromatic amines is 1. The highest BCUT2D eigenvalue weighted by atomic mass is 15.1. The first kappa shape index (κ1) is 11.9. The summed E-state index contributed by atoms with van der Waals surface area (Å²) in [7, 11) is 0. The zero-order valence-corrected chi connectivity index (χ0v) is 10.9. The normalized spacial score (nSPS) is 11.0. The van der Waals surface area contributed by atoms with Crippen molar-refractivity contribution in [3.05, 3.63) is 59.5 Å². The summed E-state index contributed by atoms with van der Waals surface area (Å²) in [5, 5.41) is 11.6. The predicted octanol–water partition coefficient (Wildman–Crippen LogP) is 2.56. The van der Waals surface area contributed by atoms with E-state index in [9.17, 15) is 0 Å². The molecule has 0 saturated heterocycles. The van der Waals surface area contributed by atoms with Crippen molar-refractivity contribution in [3.63, 3.8) is 0 Å². The molecule has 0 bridgehead atoms. The number of hydrogen-bond acceptors (Lipinski definition) is 3. The SMILES string of the molecule is Cc1[nH]ncc1CNCc1ccnc2ccccc12. The smallest absolute Gasteiger partial charge is 0.0705 e. The molecule has 4 nitrogen and oxygen atoms in total. The van der Waals surface area contributed by atoms with Crippen LogP contribution in [0.1, 0.15) is 16.8 Å². The minimum Gasteiger partial charge on any atom is -0.308 e. The summed E-state index contributed by atoms with van der Waals surface area (Å²) >= 11 is 0. The van der Waals surface area contributed by atoms with Crippen molar-refractivity contribution in [3.8, 4) is 0 Å². The summed E-state index contributed by atoms with van der Waals surface area (Å²) < 4.78 is 0. The lowest BCUT2D eigenvalue weighted by Crippen LogP contribution is -2.13. The van der Waals surface area contributed by atoms with E-state index in [4.69, 9.17) is 0 Å². The molecule has 1 aromatic carbocycles. The number of benzene rings is 1. The monoisotopic (exact) mass is 252 g/mol. The molecule has 0 atom stereocenters. The Morgan fingerprint density at radius 3 is 2.79 bits per heavy atom. The fourth-order valence-corrected chi connectivity index (χ4v) is 2.19. The van der Waals surface area contributed by atoms with Gasteiger partial charge in [-0.05, 0) is 24.6 Å².